The summed E-state index contributed by atoms with van der Waals surface area (Å²) in [5.74, 6) is -0.299. The zero-order valence-electron chi connectivity index (χ0n) is 10.4. The lowest BCUT2D eigenvalue weighted by Gasteiger charge is -2.07. The summed E-state index contributed by atoms with van der Waals surface area (Å²) in [6.45, 7) is 4.38. The third-order valence-electron chi connectivity index (χ3n) is 2.45. The van der Waals surface area contributed by atoms with E-state index >= 15 is 0 Å². The Labute approximate surface area is 119 Å². The van der Waals surface area contributed by atoms with Crippen LogP contribution in [-0.4, -0.2) is 21.1 Å². The lowest BCUT2D eigenvalue weighted by molar-refractivity contribution is 0.100. The number of aryl methyl sites for hydroxylation is 2. The van der Waals surface area contributed by atoms with Crippen LogP contribution in [0.3, 0.4) is 0 Å². The maximum absolute atomic E-state index is 11.3. The Morgan fingerprint density at radius 1 is 1.47 bits per heavy atom. The molecule has 0 aromatic carbocycles. The van der Waals surface area contributed by atoms with Gasteiger partial charge in [-0.05, 0) is 19.9 Å². The van der Waals surface area contributed by atoms with E-state index in [0.29, 0.717) is 12.4 Å². The van der Waals surface area contributed by atoms with Crippen LogP contribution < -0.4 is 11.1 Å². The highest BCUT2D eigenvalue weighted by atomic mass is 35.5. The fourth-order valence-corrected chi connectivity index (χ4v) is 2.57. The number of thiazole rings is 1. The fraction of sp³-hybridized carbons (Fsp3) is 0.273. The molecule has 2 aromatic rings. The molecule has 2 aromatic heterocycles. The smallest absolute Gasteiger partial charge is 0.252 e. The van der Waals surface area contributed by atoms with E-state index in [2.05, 4.69) is 20.5 Å². The van der Waals surface area contributed by atoms with Crippen molar-refractivity contribution < 1.29 is 4.79 Å². The van der Waals surface area contributed by atoms with Crippen LogP contribution in [0, 0.1) is 13.8 Å². The molecule has 0 spiro atoms. The van der Waals surface area contributed by atoms with Gasteiger partial charge >= 0.3 is 0 Å². The Morgan fingerprint density at radius 3 is 2.79 bits per heavy atom. The van der Waals surface area contributed by atoms with E-state index in [4.69, 9.17) is 17.3 Å². The minimum Gasteiger partial charge on any atom is -0.365 e. The molecule has 1 amide bonds. The number of hydrogen-bond acceptors (Lipinski definition) is 6. The molecule has 0 aliphatic heterocycles. The molecule has 0 aliphatic carbocycles. The number of nitrogens with one attached hydrogen (secondary N) is 1. The highest BCUT2D eigenvalue weighted by Crippen LogP contribution is 2.19. The van der Waals surface area contributed by atoms with Gasteiger partial charge in [0.2, 0.25) is 0 Å². The van der Waals surface area contributed by atoms with Crippen LogP contribution in [0.5, 0.6) is 0 Å². The van der Waals surface area contributed by atoms with Gasteiger partial charge in [-0.1, -0.05) is 11.6 Å². The van der Waals surface area contributed by atoms with Crippen molar-refractivity contribution in [3.63, 3.8) is 0 Å². The Balaban J connectivity index is 2.20. The summed E-state index contributed by atoms with van der Waals surface area (Å²) in [5.41, 5.74) is 6.39. The van der Waals surface area contributed by atoms with Gasteiger partial charge in [-0.25, -0.2) is 4.98 Å². The minimum atomic E-state index is -0.606. The third-order valence-corrected chi connectivity index (χ3v) is 3.57. The van der Waals surface area contributed by atoms with Crippen molar-refractivity contribution in [2.45, 2.75) is 20.4 Å². The first-order valence-electron chi connectivity index (χ1n) is 5.47. The van der Waals surface area contributed by atoms with Crippen LogP contribution in [0.4, 0.5) is 5.82 Å². The molecule has 6 nitrogen and oxygen atoms in total. The fourth-order valence-electron chi connectivity index (χ4n) is 1.59. The highest BCUT2D eigenvalue weighted by Gasteiger charge is 2.12. The van der Waals surface area contributed by atoms with Crippen LogP contribution in [0.25, 0.3) is 0 Å². The molecule has 0 aliphatic rings. The summed E-state index contributed by atoms with van der Waals surface area (Å²) in [7, 11) is 0. The largest absolute Gasteiger partial charge is 0.365 e. The van der Waals surface area contributed by atoms with Crippen molar-refractivity contribution in [2.75, 3.05) is 5.32 Å². The molecule has 0 unspecified atom stereocenters. The van der Waals surface area contributed by atoms with Gasteiger partial charge in [-0.3, -0.25) is 4.79 Å². The van der Waals surface area contributed by atoms with E-state index < -0.39 is 5.91 Å². The van der Waals surface area contributed by atoms with Crippen LogP contribution in [-0.2, 0) is 6.54 Å². The van der Waals surface area contributed by atoms with Crippen molar-refractivity contribution in [3.05, 3.63) is 32.4 Å². The van der Waals surface area contributed by atoms with Gasteiger partial charge in [0.25, 0.3) is 5.91 Å². The van der Waals surface area contributed by atoms with E-state index in [-0.39, 0.29) is 10.7 Å². The second kappa shape index (κ2) is 5.50. The quantitative estimate of drug-likeness (QED) is 0.899. The Bertz CT molecular complexity index is 628. The third kappa shape index (κ3) is 3.18. The molecule has 0 atom stereocenters. The molecule has 0 saturated heterocycles. The lowest BCUT2D eigenvalue weighted by atomic mass is 10.2. The summed E-state index contributed by atoms with van der Waals surface area (Å²) in [4.78, 5) is 16.8. The number of primary amides is 1. The molecule has 8 heteroatoms. The zero-order chi connectivity index (χ0) is 14.0. The average Bonchev–Trinajstić information content (AvgIpc) is 2.66. The van der Waals surface area contributed by atoms with Crippen LogP contribution in [0.2, 0.25) is 5.15 Å². The van der Waals surface area contributed by atoms with Gasteiger partial charge in [0.1, 0.15) is 0 Å². The van der Waals surface area contributed by atoms with Crippen molar-refractivity contribution in [2.24, 2.45) is 5.73 Å². The number of halogens is 1. The van der Waals surface area contributed by atoms with Gasteiger partial charge in [-0.2, -0.15) is 0 Å². The molecular formula is C11H12ClN5OS. The zero-order valence-corrected chi connectivity index (χ0v) is 12.0. The maximum atomic E-state index is 11.3. The van der Waals surface area contributed by atoms with Gasteiger partial charge in [-0.15, -0.1) is 21.5 Å². The normalized spacial score (nSPS) is 10.5. The second-order valence-electron chi connectivity index (χ2n) is 3.88. The maximum Gasteiger partial charge on any atom is 0.252 e. The topological polar surface area (TPSA) is 93.8 Å². The minimum absolute atomic E-state index is 0.125. The number of aromatic nitrogens is 3. The molecular weight excluding hydrogens is 286 g/mol. The van der Waals surface area contributed by atoms with Crippen molar-refractivity contribution in [3.8, 4) is 0 Å². The average molecular weight is 298 g/mol. The first-order valence-corrected chi connectivity index (χ1v) is 6.66. The van der Waals surface area contributed by atoms with Crippen molar-refractivity contribution in [1.29, 1.82) is 0 Å². The number of rotatable bonds is 4. The molecule has 0 radical (unpaired) electrons. The number of amides is 1. The summed E-state index contributed by atoms with van der Waals surface area (Å²) < 4.78 is 0. The molecule has 100 valence electrons. The molecule has 2 rings (SSSR count). The first-order chi connectivity index (χ1) is 8.97. The summed E-state index contributed by atoms with van der Waals surface area (Å²) in [5, 5.41) is 11.6. The van der Waals surface area contributed by atoms with Crippen LogP contribution in [0.15, 0.2) is 6.07 Å². The Kier molecular flexibility index (Phi) is 3.96. The molecule has 2 heterocycles. The van der Waals surface area contributed by atoms with Crippen LogP contribution >= 0.6 is 22.9 Å². The Hall–Kier alpha value is -1.73. The van der Waals surface area contributed by atoms with E-state index in [1.165, 1.54) is 6.07 Å². The van der Waals surface area contributed by atoms with Crippen LogP contribution in [0.1, 0.15) is 25.9 Å². The van der Waals surface area contributed by atoms with Gasteiger partial charge in [0.05, 0.1) is 22.8 Å². The van der Waals surface area contributed by atoms with E-state index in [1.807, 2.05) is 13.8 Å². The molecule has 0 fully saturated rings. The van der Waals surface area contributed by atoms with Gasteiger partial charge in [0.15, 0.2) is 11.0 Å². The van der Waals surface area contributed by atoms with E-state index in [1.54, 1.807) is 11.3 Å². The molecule has 19 heavy (non-hydrogen) atoms. The number of anilines is 1. The summed E-state index contributed by atoms with van der Waals surface area (Å²) in [6, 6.07) is 1.39. The first kappa shape index (κ1) is 13.7. The summed E-state index contributed by atoms with van der Waals surface area (Å²) >= 11 is 7.30. The highest BCUT2D eigenvalue weighted by molar-refractivity contribution is 7.11. The summed E-state index contributed by atoms with van der Waals surface area (Å²) in [6.07, 6.45) is 0. The molecule has 0 saturated carbocycles. The number of carbonyl (C=O) groups is 1. The van der Waals surface area contributed by atoms with Gasteiger partial charge < -0.3 is 11.1 Å². The number of nitrogens with two attached hydrogens (primary N) is 1. The predicted molar refractivity (Wildman–Crippen MR) is 74.5 cm³/mol. The lowest BCUT2D eigenvalue weighted by Crippen LogP contribution is -2.16. The van der Waals surface area contributed by atoms with E-state index in [9.17, 15) is 4.79 Å². The molecule has 0 bridgehead atoms. The SMILES string of the molecule is Cc1nc(CNc2nnc(Cl)cc2C(N)=O)c(C)s1. The Morgan fingerprint density at radius 2 is 2.21 bits per heavy atom. The monoisotopic (exact) mass is 297 g/mol. The van der Waals surface area contributed by atoms with Crippen molar-refractivity contribution >= 4 is 34.7 Å². The number of nitrogens with zero attached hydrogens (tertiary/aromatic N) is 3. The van der Waals surface area contributed by atoms with Crippen molar-refractivity contribution in [1.82, 2.24) is 15.2 Å². The number of carbonyl (C=O) groups excluding carboxylic acids is 1. The predicted octanol–water partition coefficient (Wildman–Crippen LogP) is 1.91. The number of hydrogen-bond donors (Lipinski definition) is 2. The second-order valence-corrected chi connectivity index (χ2v) is 5.68. The molecule has 3 N–H and O–H groups in total. The standard InChI is InChI=1S/C11H12ClN5OS/c1-5-8(15-6(2)19-5)4-14-11-7(10(13)18)3-9(12)16-17-11/h3H,4H2,1-2H3,(H2,13,18)(H,14,17). The van der Waals surface area contributed by atoms with E-state index in [0.717, 1.165) is 15.6 Å². The van der Waals surface area contributed by atoms with Gasteiger partial charge in [0, 0.05) is 4.88 Å².